The molecule has 0 saturated heterocycles. The van der Waals surface area contributed by atoms with Crippen LogP contribution in [-0.4, -0.2) is 48.1 Å². The van der Waals surface area contributed by atoms with Crippen molar-refractivity contribution < 1.29 is 14.7 Å². The van der Waals surface area contributed by atoms with Crippen LogP contribution in [0.4, 0.5) is 0 Å². The first kappa shape index (κ1) is 20.6. The molecule has 1 heterocycles. The molecule has 0 radical (unpaired) electrons. The van der Waals surface area contributed by atoms with Gasteiger partial charge in [0.1, 0.15) is 11.9 Å². The Hall–Kier alpha value is -2.08. The van der Waals surface area contributed by atoms with Gasteiger partial charge in [-0.2, -0.15) is 0 Å². The summed E-state index contributed by atoms with van der Waals surface area (Å²) >= 11 is 5.97. The lowest BCUT2D eigenvalue weighted by atomic mass is 10.0. The number of benzene rings is 2. The molecule has 0 aromatic heterocycles. The standard InChI is InChI=1S/C22H27ClN2O3/c1-3-19(26)14-25(13-16-5-4-6-20(11-16)27-2)15-21-12-22(24-28-21)17-7-9-18(23)10-8-17/h4-11,19,21,26H,3,12-15H2,1-2H3/t19-,21+/m1/s1. The van der Waals surface area contributed by atoms with Crippen LogP contribution in [0.25, 0.3) is 0 Å². The number of ether oxygens (including phenoxy) is 1. The minimum Gasteiger partial charge on any atom is -0.497 e. The number of nitrogens with zero attached hydrogens (tertiary/aromatic N) is 2. The van der Waals surface area contributed by atoms with Crippen LogP contribution in [0, 0.1) is 0 Å². The number of oxime groups is 1. The van der Waals surface area contributed by atoms with Crippen molar-refractivity contribution in [1.29, 1.82) is 0 Å². The van der Waals surface area contributed by atoms with Crippen LogP contribution in [0.5, 0.6) is 5.75 Å². The molecule has 3 rings (SSSR count). The quantitative estimate of drug-likeness (QED) is 0.685. The Morgan fingerprint density at radius 1 is 1.29 bits per heavy atom. The molecule has 0 fully saturated rings. The Labute approximate surface area is 171 Å². The van der Waals surface area contributed by atoms with Crippen LogP contribution >= 0.6 is 11.6 Å². The van der Waals surface area contributed by atoms with Gasteiger partial charge in [-0.25, -0.2) is 0 Å². The van der Waals surface area contributed by atoms with E-state index in [2.05, 4.69) is 16.1 Å². The first-order valence-electron chi connectivity index (χ1n) is 9.59. The largest absolute Gasteiger partial charge is 0.497 e. The topological polar surface area (TPSA) is 54.3 Å². The van der Waals surface area contributed by atoms with Gasteiger partial charge in [0.2, 0.25) is 0 Å². The highest BCUT2D eigenvalue weighted by molar-refractivity contribution is 6.30. The van der Waals surface area contributed by atoms with Crippen molar-refractivity contribution in [3.8, 4) is 5.75 Å². The van der Waals surface area contributed by atoms with E-state index >= 15 is 0 Å². The SMILES string of the molecule is CC[C@@H](O)CN(Cc1cccc(OC)c1)C[C@@H]1CC(c2ccc(Cl)cc2)=NO1. The average Bonchev–Trinajstić information content (AvgIpc) is 3.17. The molecule has 2 aromatic rings. The summed E-state index contributed by atoms with van der Waals surface area (Å²) in [5.74, 6) is 0.832. The molecule has 0 unspecified atom stereocenters. The number of halogens is 1. The molecule has 2 atom stereocenters. The molecule has 0 saturated carbocycles. The van der Waals surface area contributed by atoms with E-state index in [0.29, 0.717) is 31.1 Å². The van der Waals surface area contributed by atoms with E-state index in [4.69, 9.17) is 21.2 Å². The number of aliphatic hydroxyl groups excluding tert-OH is 1. The average molecular weight is 403 g/mol. The predicted molar refractivity (Wildman–Crippen MR) is 112 cm³/mol. The molecule has 0 bridgehead atoms. The van der Waals surface area contributed by atoms with Crippen molar-refractivity contribution in [1.82, 2.24) is 4.90 Å². The molecular formula is C22H27ClN2O3. The minimum absolute atomic E-state index is 0.0414. The summed E-state index contributed by atoms with van der Waals surface area (Å²) in [6.07, 6.45) is 1.04. The zero-order valence-corrected chi connectivity index (χ0v) is 17.1. The van der Waals surface area contributed by atoms with Crippen molar-refractivity contribution in [2.45, 2.75) is 38.5 Å². The van der Waals surface area contributed by atoms with Gasteiger partial charge in [-0.3, -0.25) is 4.90 Å². The van der Waals surface area contributed by atoms with E-state index in [9.17, 15) is 5.11 Å². The van der Waals surface area contributed by atoms with Crippen LogP contribution in [-0.2, 0) is 11.4 Å². The number of aliphatic hydroxyl groups is 1. The summed E-state index contributed by atoms with van der Waals surface area (Å²) in [5.41, 5.74) is 3.10. The van der Waals surface area contributed by atoms with Crippen LogP contribution in [0.3, 0.4) is 0 Å². The normalized spacial score (nSPS) is 17.3. The summed E-state index contributed by atoms with van der Waals surface area (Å²) < 4.78 is 5.32. The third-order valence-electron chi connectivity index (χ3n) is 4.85. The van der Waals surface area contributed by atoms with Crippen LogP contribution in [0.1, 0.15) is 30.9 Å². The predicted octanol–water partition coefficient (Wildman–Crippen LogP) is 4.11. The second-order valence-electron chi connectivity index (χ2n) is 7.08. The lowest BCUT2D eigenvalue weighted by Gasteiger charge is -2.26. The van der Waals surface area contributed by atoms with E-state index in [1.165, 1.54) is 0 Å². The second-order valence-corrected chi connectivity index (χ2v) is 7.52. The van der Waals surface area contributed by atoms with Crippen molar-refractivity contribution in [2.75, 3.05) is 20.2 Å². The minimum atomic E-state index is -0.372. The van der Waals surface area contributed by atoms with Crippen LogP contribution in [0.2, 0.25) is 5.02 Å². The lowest BCUT2D eigenvalue weighted by molar-refractivity contribution is 0.0315. The third kappa shape index (κ3) is 5.71. The first-order chi connectivity index (χ1) is 13.6. The molecule has 6 heteroatoms. The van der Waals surface area contributed by atoms with Gasteiger partial charge in [-0.15, -0.1) is 0 Å². The smallest absolute Gasteiger partial charge is 0.145 e. The molecule has 2 aromatic carbocycles. The Morgan fingerprint density at radius 3 is 2.79 bits per heavy atom. The summed E-state index contributed by atoms with van der Waals surface area (Å²) in [4.78, 5) is 7.90. The molecule has 1 aliphatic rings. The van der Waals surface area contributed by atoms with Crippen molar-refractivity contribution in [2.24, 2.45) is 5.16 Å². The number of hydrogen-bond acceptors (Lipinski definition) is 5. The van der Waals surface area contributed by atoms with Gasteiger partial charge in [0.15, 0.2) is 0 Å². The van der Waals surface area contributed by atoms with E-state index < -0.39 is 0 Å². The molecule has 5 nitrogen and oxygen atoms in total. The Kier molecular flexibility index (Phi) is 7.31. The molecule has 0 amide bonds. The molecular weight excluding hydrogens is 376 g/mol. The molecule has 0 aliphatic carbocycles. The number of hydrogen-bond donors (Lipinski definition) is 1. The summed E-state index contributed by atoms with van der Waals surface area (Å²) in [6, 6.07) is 15.6. The summed E-state index contributed by atoms with van der Waals surface area (Å²) in [7, 11) is 1.67. The van der Waals surface area contributed by atoms with Gasteiger partial charge in [0.25, 0.3) is 0 Å². The highest BCUT2D eigenvalue weighted by Gasteiger charge is 2.25. The van der Waals surface area contributed by atoms with Crippen molar-refractivity contribution in [3.63, 3.8) is 0 Å². The van der Waals surface area contributed by atoms with Crippen molar-refractivity contribution >= 4 is 17.3 Å². The number of rotatable bonds is 9. The lowest BCUT2D eigenvalue weighted by Crippen LogP contribution is -2.37. The fourth-order valence-corrected chi connectivity index (χ4v) is 3.41. The van der Waals surface area contributed by atoms with Gasteiger partial charge in [0, 0.05) is 31.1 Å². The van der Waals surface area contributed by atoms with Gasteiger partial charge in [0.05, 0.1) is 18.9 Å². The van der Waals surface area contributed by atoms with Gasteiger partial charge in [-0.05, 0) is 41.8 Å². The van der Waals surface area contributed by atoms with E-state index in [0.717, 1.165) is 29.0 Å². The van der Waals surface area contributed by atoms with E-state index in [1.54, 1.807) is 7.11 Å². The first-order valence-corrected chi connectivity index (χ1v) is 9.97. The molecule has 0 spiro atoms. The van der Waals surface area contributed by atoms with Crippen LogP contribution in [0.15, 0.2) is 53.7 Å². The van der Waals surface area contributed by atoms with Gasteiger partial charge in [-0.1, -0.05) is 47.9 Å². The molecule has 28 heavy (non-hydrogen) atoms. The highest BCUT2D eigenvalue weighted by Crippen LogP contribution is 2.21. The van der Waals surface area contributed by atoms with Gasteiger partial charge >= 0.3 is 0 Å². The molecule has 1 aliphatic heterocycles. The zero-order chi connectivity index (χ0) is 19.9. The second kappa shape index (κ2) is 9.92. The van der Waals surface area contributed by atoms with Crippen LogP contribution < -0.4 is 4.74 Å². The molecule has 150 valence electrons. The third-order valence-corrected chi connectivity index (χ3v) is 5.10. The highest BCUT2D eigenvalue weighted by atomic mass is 35.5. The summed E-state index contributed by atoms with van der Waals surface area (Å²) in [6.45, 7) is 3.98. The summed E-state index contributed by atoms with van der Waals surface area (Å²) in [5, 5.41) is 15.2. The maximum atomic E-state index is 10.2. The Morgan fingerprint density at radius 2 is 2.07 bits per heavy atom. The zero-order valence-electron chi connectivity index (χ0n) is 16.3. The Bertz CT molecular complexity index is 795. The maximum Gasteiger partial charge on any atom is 0.145 e. The Balaban J connectivity index is 1.63. The van der Waals surface area contributed by atoms with Gasteiger partial charge < -0.3 is 14.7 Å². The van der Waals surface area contributed by atoms with E-state index in [1.807, 2.05) is 49.4 Å². The van der Waals surface area contributed by atoms with Crippen molar-refractivity contribution in [3.05, 3.63) is 64.7 Å². The molecule has 1 N–H and O–H groups in total. The maximum absolute atomic E-state index is 10.2. The van der Waals surface area contributed by atoms with E-state index in [-0.39, 0.29) is 12.2 Å². The number of methoxy groups -OCH3 is 1. The fraction of sp³-hybridized carbons (Fsp3) is 0.409. The monoisotopic (exact) mass is 402 g/mol. The fourth-order valence-electron chi connectivity index (χ4n) is 3.29.